The van der Waals surface area contributed by atoms with Crippen molar-refractivity contribution < 1.29 is 0 Å². The average Bonchev–Trinajstić information content (AvgIpc) is 2.95. The summed E-state index contributed by atoms with van der Waals surface area (Å²) in [6, 6.07) is 0.683. The van der Waals surface area contributed by atoms with Gasteiger partial charge in [-0.05, 0) is 48.7 Å². The van der Waals surface area contributed by atoms with Gasteiger partial charge in [-0.1, -0.05) is 22.9 Å². The number of hydrogen-bond acceptors (Lipinski definition) is 2. The number of hydrogen-bond donors (Lipinski definition) is 0. The largest absolute Gasteiger partial charge is 0.294 e. The molecule has 1 unspecified atom stereocenters. The van der Waals surface area contributed by atoms with Crippen molar-refractivity contribution >= 4 is 31.9 Å². The fourth-order valence-electron chi connectivity index (χ4n) is 2.64. The van der Waals surface area contributed by atoms with Crippen LogP contribution in [0.3, 0.4) is 0 Å². The van der Waals surface area contributed by atoms with E-state index in [-0.39, 0.29) is 0 Å². The van der Waals surface area contributed by atoms with Gasteiger partial charge in [0.05, 0.1) is 15.9 Å². The average molecular weight is 379 g/mol. The van der Waals surface area contributed by atoms with E-state index >= 15 is 0 Å². The maximum absolute atomic E-state index is 4.67. The van der Waals surface area contributed by atoms with E-state index in [2.05, 4.69) is 60.4 Å². The fourth-order valence-corrected chi connectivity index (χ4v) is 4.06. The van der Waals surface area contributed by atoms with Gasteiger partial charge in [-0.2, -0.15) is 5.10 Å². The maximum atomic E-state index is 4.67. The van der Waals surface area contributed by atoms with Crippen LogP contribution in [0, 0.1) is 0 Å². The highest BCUT2D eigenvalue weighted by Crippen LogP contribution is 2.27. The summed E-state index contributed by atoms with van der Waals surface area (Å²) in [5.41, 5.74) is 2.52. The minimum absolute atomic E-state index is 0.683. The van der Waals surface area contributed by atoms with Crippen molar-refractivity contribution in [3.05, 3.63) is 15.9 Å². The number of aryl methyl sites for hydroxylation is 2. The molecule has 0 amide bonds. The number of nitrogens with zero attached hydrogens (tertiary/aromatic N) is 3. The maximum Gasteiger partial charge on any atom is 0.0767 e. The van der Waals surface area contributed by atoms with Crippen molar-refractivity contribution in [3.63, 3.8) is 0 Å². The highest BCUT2D eigenvalue weighted by Gasteiger charge is 2.26. The van der Waals surface area contributed by atoms with Crippen LogP contribution in [-0.2, 0) is 19.5 Å². The summed E-state index contributed by atoms with van der Waals surface area (Å²) < 4.78 is 3.36. The zero-order valence-corrected chi connectivity index (χ0v) is 14.3. The van der Waals surface area contributed by atoms with Crippen molar-refractivity contribution in [1.29, 1.82) is 0 Å². The van der Waals surface area contributed by atoms with E-state index in [0.717, 1.165) is 24.8 Å². The molecular formula is C13H21Br2N3. The van der Waals surface area contributed by atoms with Crippen molar-refractivity contribution in [2.75, 3.05) is 11.9 Å². The lowest BCUT2D eigenvalue weighted by molar-refractivity contribution is 0.256. The van der Waals surface area contributed by atoms with Crippen LogP contribution in [0.5, 0.6) is 0 Å². The highest BCUT2D eigenvalue weighted by molar-refractivity contribution is 9.10. The van der Waals surface area contributed by atoms with Gasteiger partial charge in [-0.25, -0.2) is 0 Å². The van der Waals surface area contributed by atoms with Crippen LogP contribution in [0.4, 0.5) is 0 Å². The third-order valence-electron chi connectivity index (χ3n) is 3.72. The van der Waals surface area contributed by atoms with Crippen molar-refractivity contribution in [1.82, 2.24) is 14.7 Å². The van der Waals surface area contributed by atoms with E-state index in [4.69, 9.17) is 0 Å². The molecule has 0 N–H and O–H groups in total. The normalized spacial score (nSPS) is 20.8. The number of rotatable bonds is 5. The summed E-state index contributed by atoms with van der Waals surface area (Å²) in [5, 5.41) is 5.75. The van der Waals surface area contributed by atoms with Crippen molar-refractivity contribution in [3.8, 4) is 0 Å². The molecule has 18 heavy (non-hydrogen) atoms. The topological polar surface area (TPSA) is 21.1 Å². The molecule has 1 aliphatic rings. The SMILES string of the molecule is CCc1nn(CC)c(CN2CCCC2CBr)c1Br. The molecule has 1 aromatic heterocycles. The summed E-state index contributed by atoms with van der Waals surface area (Å²) in [5.74, 6) is 0. The van der Waals surface area contributed by atoms with E-state index in [1.807, 2.05) is 0 Å². The first-order valence-electron chi connectivity index (χ1n) is 6.75. The first-order valence-corrected chi connectivity index (χ1v) is 8.66. The minimum atomic E-state index is 0.683. The Balaban J connectivity index is 2.19. The number of alkyl halides is 1. The monoisotopic (exact) mass is 377 g/mol. The molecule has 0 saturated carbocycles. The van der Waals surface area contributed by atoms with Gasteiger partial charge in [-0.15, -0.1) is 0 Å². The van der Waals surface area contributed by atoms with Gasteiger partial charge in [0.2, 0.25) is 0 Å². The Hall–Kier alpha value is 0.130. The quantitative estimate of drug-likeness (QED) is 0.730. The Morgan fingerprint density at radius 3 is 2.78 bits per heavy atom. The van der Waals surface area contributed by atoms with Crippen LogP contribution in [-0.4, -0.2) is 32.6 Å². The second kappa shape index (κ2) is 6.53. The molecule has 102 valence electrons. The predicted molar refractivity (Wildman–Crippen MR) is 82.2 cm³/mol. The fraction of sp³-hybridized carbons (Fsp3) is 0.769. The molecule has 2 heterocycles. The minimum Gasteiger partial charge on any atom is -0.294 e. The predicted octanol–water partition coefficient (Wildman–Crippen LogP) is 3.59. The summed E-state index contributed by atoms with van der Waals surface area (Å²) in [7, 11) is 0. The molecule has 1 saturated heterocycles. The second-order valence-corrected chi connectivity index (χ2v) is 6.24. The highest BCUT2D eigenvalue weighted by atomic mass is 79.9. The molecule has 2 rings (SSSR count). The van der Waals surface area contributed by atoms with Gasteiger partial charge in [0, 0.05) is 24.5 Å². The Morgan fingerprint density at radius 1 is 1.39 bits per heavy atom. The zero-order valence-electron chi connectivity index (χ0n) is 11.1. The molecule has 1 aliphatic heterocycles. The van der Waals surface area contributed by atoms with E-state index < -0.39 is 0 Å². The molecule has 0 aromatic carbocycles. The van der Waals surface area contributed by atoms with E-state index in [0.29, 0.717) is 6.04 Å². The second-order valence-electron chi connectivity index (χ2n) is 4.80. The van der Waals surface area contributed by atoms with Gasteiger partial charge < -0.3 is 0 Å². The van der Waals surface area contributed by atoms with E-state index in [1.54, 1.807) is 0 Å². The third kappa shape index (κ3) is 2.83. The Kier molecular flexibility index (Phi) is 5.27. The number of halogens is 2. The molecule has 0 bridgehead atoms. The van der Waals surface area contributed by atoms with Gasteiger partial charge >= 0.3 is 0 Å². The van der Waals surface area contributed by atoms with E-state index in [1.165, 1.54) is 35.2 Å². The van der Waals surface area contributed by atoms with Crippen LogP contribution in [0.1, 0.15) is 38.1 Å². The van der Waals surface area contributed by atoms with Crippen molar-refractivity contribution in [2.45, 2.75) is 52.2 Å². The molecule has 5 heteroatoms. The molecule has 0 radical (unpaired) electrons. The molecule has 3 nitrogen and oxygen atoms in total. The van der Waals surface area contributed by atoms with Crippen molar-refractivity contribution in [2.24, 2.45) is 0 Å². The number of likely N-dealkylation sites (tertiary alicyclic amines) is 1. The van der Waals surface area contributed by atoms with Crippen LogP contribution in [0.25, 0.3) is 0 Å². The summed E-state index contributed by atoms with van der Waals surface area (Å²) in [6.07, 6.45) is 3.61. The first kappa shape index (κ1) is 14.5. The van der Waals surface area contributed by atoms with Gasteiger partial charge in [-0.3, -0.25) is 9.58 Å². The van der Waals surface area contributed by atoms with Crippen LogP contribution >= 0.6 is 31.9 Å². The Labute approximate surface area is 126 Å². The molecule has 1 fully saturated rings. The van der Waals surface area contributed by atoms with Crippen LogP contribution < -0.4 is 0 Å². The molecule has 0 spiro atoms. The third-order valence-corrected chi connectivity index (χ3v) is 5.39. The van der Waals surface area contributed by atoms with Gasteiger partial charge in [0.1, 0.15) is 0 Å². The standard InChI is InChI=1S/C13H21Br2N3/c1-3-11-13(15)12(18(4-2)16-11)9-17-7-5-6-10(17)8-14/h10H,3-9H2,1-2H3. The first-order chi connectivity index (χ1) is 8.71. The van der Waals surface area contributed by atoms with Crippen LogP contribution in [0.2, 0.25) is 0 Å². The van der Waals surface area contributed by atoms with E-state index in [9.17, 15) is 0 Å². The molecular weight excluding hydrogens is 358 g/mol. The molecule has 0 aliphatic carbocycles. The van der Waals surface area contributed by atoms with Gasteiger partial charge in [0.15, 0.2) is 0 Å². The lowest BCUT2D eigenvalue weighted by Gasteiger charge is -2.23. The number of aromatic nitrogens is 2. The summed E-state index contributed by atoms with van der Waals surface area (Å²) in [6.45, 7) is 7.49. The lowest BCUT2D eigenvalue weighted by atomic mass is 10.2. The zero-order chi connectivity index (χ0) is 13.1. The molecule has 1 atom stereocenters. The lowest BCUT2D eigenvalue weighted by Crippen LogP contribution is -2.31. The van der Waals surface area contributed by atoms with Gasteiger partial charge in [0.25, 0.3) is 0 Å². The Bertz CT molecular complexity index is 403. The Morgan fingerprint density at radius 2 is 2.17 bits per heavy atom. The summed E-state index contributed by atoms with van der Waals surface area (Å²) in [4.78, 5) is 2.57. The summed E-state index contributed by atoms with van der Waals surface area (Å²) >= 11 is 7.36. The van der Waals surface area contributed by atoms with Crippen LogP contribution in [0.15, 0.2) is 4.47 Å². The molecule has 1 aromatic rings. The smallest absolute Gasteiger partial charge is 0.0767 e.